The molecule has 0 fully saturated rings. The van der Waals surface area contributed by atoms with Crippen molar-refractivity contribution < 1.29 is 14.7 Å². The summed E-state index contributed by atoms with van der Waals surface area (Å²) in [4.78, 5) is 15.0. The molecule has 0 spiro atoms. The third-order valence-electron chi connectivity index (χ3n) is 1.54. The third kappa shape index (κ3) is 1.10. The Labute approximate surface area is 58.5 Å². The van der Waals surface area contributed by atoms with Gasteiger partial charge in [-0.1, -0.05) is 12.1 Å². The van der Waals surface area contributed by atoms with Crippen molar-refractivity contribution in [3.63, 3.8) is 0 Å². The average molecular weight is 143 g/mol. The van der Waals surface area contributed by atoms with E-state index in [4.69, 9.17) is 5.11 Å². The number of hydrogen-bond acceptors (Lipinski definition) is 3. The maximum Gasteiger partial charge on any atom is 0.354 e. The van der Waals surface area contributed by atoms with Crippen LogP contribution in [0.4, 0.5) is 0 Å². The van der Waals surface area contributed by atoms with Gasteiger partial charge in [-0.15, -0.1) is 0 Å². The van der Waals surface area contributed by atoms with E-state index >= 15 is 0 Å². The lowest BCUT2D eigenvalue weighted by atomic mass is 10.0. The number of oxime groups is 1. The van der Waals surface area contributed by atoms with Crippen LogP contribution in [0.5, 0.6) is 0 Å². The Morgan fingerprint density at radius 2 is 2.70 bits per heavy atom. The van der Waals surface area contributed by atoms with E-state index < -0.39 is 5.97 Å². The summed E-state index contributed by atoms with van der Waals surface area (Å²) in [7, 11) is 0. The van der Waals surface area contributed by atoms with Crippen molar-refractivity contribution in [2.45, 2.75) is 13.3 Å². The van der Waals surface area contributed by atoms with Gasteiger partial charge in [0.1, 0.15) is 6.61 Å². The summed E-state index contributed by atoms with van der Waals surface area (Å²) in [5.41, 5.74) is 0.155. The number of carboxylic acid groups (broad SMARTS) is 1. The zero-order valence-electron chi connectivity index (χ0n) is 5.70. The van der Waals surface area contributed by atoms with Gasteiger partial charge in [0.15, 0.2) is 5.71 Å². The Hall–Kier alpha value is -1.06. The molecule has 1 N–H and O–H groups in total. The first-order valence-electron chi connectivity index (χ1n) is 3.18. The fourth-order valence-electron chi connectivity index (χ4n) is 0.875. The largest absolute Gasteiger partial charge is 0.477 e. The van der Waals surface area contributed by atoms with Crippen molar-refractivity contribution >= 4 is 11.7 Å². The van der Waals surface area contributed by atoms with Crippen LogP contribution in [0.15, 0.2) is 5.16 Å². The monoisotopic (exact) mass is 143 g/mol. The molecule has 1 heterocycles. The first-order chi connectivity index (χ1) is 4.75. The van der Waals surface area contributed by atoms with Crippen LogP contribution in [0.2, 0.25) is 0 Å². The summed E-state index contributed by atoms with van der Waals surface area (Å²) in [6.07, 6.45) is 0.769. The summed E-state index contributed by atoms with van der Waals surface area (Å²) in [6.45, 7) is 2.33. The lowest BCUT2D eigenvalue weighted by Gasteiger charge is -2.00. The molecule has 1 atom stereocenters. The average Bonchev–Trinajstić information content (AvgIpc) is 2.33. The van der Waals surface area contributed by atoms with Crippen molar-refractivity contribution in [1.29, 1.82) is 0 Å². The number of hydrogen-bond donors (Lipinski definition) is 1. The molecule has 1 aliphatic rings. The quantitative estimate of drug-likeness (QED) is 0.611. The highest BCUT2D eigenvalue weighted by Crippen LogP contribution is 2.13. The molecule has 0 aliphatic carbocycles. The molecule has 1 aliphatic heterocycles. The smallest absolute Gasteiger partial charge is 0.354 e. The van der Waals surface area contributed by atoms with Crippen molar-refractivity contribution in [1.82, 2.24) is 0 Å². The van der Waals surface area contributed by atoms with E-state index in [1.54, 1.807) is 0 Å². The highest BCUT2D eigenvalue weighted by Gasteiger charge is 2.26. The van der Waals surface area contributed by atoms with Gasteiger partial charge < -0.3 is 9.94 Å². The minimum absolute atomic E-state index is 0.0162. The van der Waals surface area contributed by atoms with Gasteiger partial charge in [0.2, 0.25) is 0 Å². The van der Waals surface area contributed by atoms with Crippen molar-refractivity contribution in [3.8, 4) is 0 Å². The van der Waals surface area contributed by atoms with Gasteiger partial charge in [-0.25, -0.2) is 4.79 Å². The number of carboxylic acids is 1. The second-order valence-corrected chi connectivity index (χ2v) is 2.18. The van der Waals surface area contributed by atoms with Crippen LogP contribution in [-0.4, -0.2) is 23.4 Å². The topological polar surface area (TPSA) is 58.9 Å². The van der Waals surface area contributed by atoms with Crippen molar-refractivity contribution in [3.05, 3.63) is 0 Å². The molecule has 0 aromatic rings. The number of nitrogens with zero attached hydrogens (tertiary/aromatic N) is 1. The normalized spacial score (nSPS) is 23.7. The molecule has 0 aromatic heterocycles. The summed E-state index contributed by atoms with van der Waals surface area (Å²) in [6, 6.07) is 0. The van der Waals surface area contributed by atoms with Crippen LogP contribution in [-0.2, 0) is 9.63 Å². The zero-order chi connectivity index (χ0) is 7.56. The predicted molar refractivity (Wildman–Crippen MR) is 34.8 cm³/mol. The van der Waals surface area contributed by atoms with E-state index in [0.29, 0.717) is 6.61 Å². The molecule has 0 saturated heterocycles. The molecule has 1 rings (SSSR count). The molecule has 1 unspecified atom stereocenters. The van der Waals surface area contributed by atoms with E-state index in [0.717, 1.165) is 6.42 Å². The molecular weight excluding hydrogens is 134 g/mol. The molecule has 0 radical (unpaired) electrons. The lowest BCUT2D eigenvalue weighted by Crippen LogP contribution is -2.20. The Morgan fingerprint density at radius 1 is 2.00 bits per heavy atom. The Balaban J connectivity index is 2.65. The molecule has 0 saturated carbocycles. The summed E-state index contributed by atoms with van der Waals surface area (Å²) >= 11 is 0. The minimum Gasteiger partial charge on any atom is -0.477 e. The van der Waals surface area contributed by atoms with Crippen LogP contribution >= 0.6 is 0 Å². The summed E-state index contributed by atoms with van der Waals surface area (Å²) < 4.78 is 0. The van der Waals surface area contributed by atoms with E-state index in [1.165, 1.54) is 0 Å². The first-order valence-corrected chi connectivity index (χ1v) is 3.18. The molecule has 56 valence electrons. The SMILES string of the molecule is CCC1CON=C1C(=O)O. The van der Waals surface area contributed by atoms with E-state index in [-0.39, 0.29) is 11.6 Å². The molecule has 4 heteroatoms. The summed E-state index contributed by atoms with van der Waals surface area (Å²) in [5.74, 6) is -0.984. The van der Waals surface area contributed by atoms with Crippen molar-refractivity contribution in [2.75, 3.05) is 6.61 Å². The van der Waals surface area contributed by atoms with E-state index in [1.807, 2.05) is 6.92 Å². The maximum atomic E-state index is 10.4. The van der Waals surface area contributed by atoms with E-state index in [9.17, 15) is 4.79 Å². The third-order valence-corrected chi connectivity index (χ3v) is 1.54. The first kappa shape index (κ1) is 7.05. The van der Waals surface area contributed by atoms with Gasteiger partial charge in [-0.2, -0.15) is 0 Å². The standard InChI is InChI=1S/C6H9NO3/c1-2-4-3-10-7-5(4)6(8)9/h4H,2-3H2,1H3,(H,8,9). The predicted octanol–water partition coefficient (Wildman–Crippen LogP) is 0.483. The number of rotatable bonds is 2. The molecule has 10 heavy (non-hydrogen) atoms. The lowest BCUT2D eigenvalue weighted by molar-refractivity contribution is -0.129. The Bertz CT molecular complexity index is 176. The molecule has 0 aromatic carbocycles. The van der Waals surface area contributed by atoms with E-state index in [2.05, 4.69) is 9.99 Å². The molecule has 0 amide bonds. The van der Waals surface area contributed by atoms with Gasteiger partial charge in [-0.05, 0) is 6.42 Å². The van der Waals surface area contributed by atoms with Crippen LogP contribution in [0, 0.1) is 5.92 Å². The highest BCUT2D eigenvalue weighted by atomic mass is 16.6. The van der Waals surface area contributed by atoms with Crippen LogP contribution in [0.25, 0.3) is 0 Å². The minimum atomic E-state index is -0.968. The van der Waals surface area contributed by atoms with Crippen LogP contribution in [0.1, 0.15) is 13.3 Å². The maximum absolute atomic E-state index is 10.4. The van der Waals surface area contributed by atoms with Gasteiger partial charge in [0, 0.05) is 5.92 Å². The van der Waals surface area contributed by atoms with Gasteiger partial charge >= 0.3 is 5.97 Å². The number of aliphatic carboxylic acids is 1. The van der Waals surface area contributed by atoms with Crippen LogP contribution in [0.3, 0.4) is 0 Å². The second kappa shape index (κ2) is 2.68. The van der Waals surface area contributed by atoms with Gasteiger partial charge in [-0.3, -0.25) is 0 Å². The van der Waals surface area contributed by atoms with Gasteiger partial charge in [0.05, 0.1) is 0 Å². The zero-order valence-corrected chi connectivity index (χ0v) is 5.70. The highest BCUT2D eigenvalue weighted by molar-refractivity contribution is 6.36. The fourth-order valence-corrected chi connectivity index (χ4v) is 0.875. The summed E-state index contributed by atoms with van der Waals surface area (Å²) in [5, 5.41) is 11.9. The molecular formula is C6H9NO3. The van der Waals surface area contributed by atoms with Crippen LogP contribution < -0.4 is 0 Å². The Morgan fingerprint density at radius 3 is 3.10 bits per heavy atom. The number of carbonyl (C=O) groups is 1. The van der Waals surface area contributed by atoms with Crippen molar-refractivity contribution in [2.24, 2.45) is 11.1 Å². The Kier molecular flexibility index (Phi) is 1.89. The van der Waals surface area contributed by atoms with Gasteiger partial charge in [0.25, 0.3) is 0 Å². The fraction of sp³-hybridized carbons (Fsp3) is 0.667. The molecule has 4 nitrogen and oxygen atoms in total. The second-order valence-electron chi connectivity index (χ2n) is 2.18. The molecule has 0 bridgehead atoms.